The number of likely N-dealkylation sites (tertiary alicyclic amines) is 1. The van der Waals surface area contributed by atoms with E-state index in [-0.39, 0.29) is 24.0 Å². The van der Waals surface area contributed by atoms with Crippen molar-refractivity contribution in [2.75, 3.05) is 19.6 Å². The fourth-order valence-corrected chi connectivity index (χ4v) is 1.63. The van der Waals surface area contributed by atoms with Crippen LogP contribution in [0.2, 0.25) is 0 Å². The van der Waals surface area contributed by atoms with Crippen LogP contribution in [0.15, 0.2) is 0 Å². The van der Waals surface area contributed by atoms with Gasteiger partial charge in [-0.3, -0.25) is 0 Å². The Morgan fingerprint density at radius 3 is 2.38 bits per heavy atom. The topological polar surface area (TPSA) is 58.4 Å². The smallest absolute Gasteiger partial charge is 0.317 e. The summed E-state index contributed by atoms with van der Waals surface area (Å²) in [5, 5.41) is 2.95. The summed E-state index contributed by atoms with van der Waals surface area (Å²) in [6, 6.07) is 0.0253. The zero-order valence-electron chi connectivity index (χ0n) is 10.5. The number of amides is 2. The Bertz CT molecular complexity index is 225. The van der Waals surface area contributed by atoms with Gasteiger partial charge in [0.2, 0.25) is 0 Å². The lowest BCUT2D eigenvalue weighted by molar-refractivity contribution is 0.165. The Morgan fingerprint density at radius 1 is 1.44 bits per heavy atom. The van der Waals surface area contributed by atoms with Crippen LogP contribution in [0.25, 0.3) is 0 Å². The van der Waals surface area contributed by atoms with Crippen molar-refractivity contribution in [3.05, 3.63) is 0 Å². The number of carbonyl (C=O) groups excluding carboxylic acids is 1. The van der Waals surface area contributed by atoms with Crippen LogP contribution in [0, 0.1) is 5.92 Å². The minimum Gasteiger partial charge on any atom is -0.332 e. The molecule has 0 unspecified atom stereocenters. The minimum absolute atomic E-state index is 0. The second-order valence-electron chi connectivity index (χ2n) is 5.19. The van der Waals surface area contributed by atoms with E-state index in [0.717, 1.165) is 31.8 Å². The summed E-state index contributed by atoms with van der Waals surface area (Å²) in [4.78, 5) is 13.7. The average Bonchev–Trinajstić information content (AvgIpc) is 2.18. The molecule has 0 aromatic heterocycles. The van der Waals surface area contributed by atoms with Crippen molar-refractivity contribution >= 4 is 18.4 Å². The molecule has 0 aromatic carbocycles. The Labute approximate surface area is 104 Å². The molecule has 0 radical (unpaired) electrons. The van der Waals surface area contributed by atoms with Crippen molar-refractivity contribution < 1.29 is 4.79 Å². The average molecular weight is 250 g/mol. The van der Waals surface area contributed by atoms with Gasteiger partial charge in [0, 0.05) is 25.2 Å². The predicted octanol–water partition coefficient (Wildman–Crippen LogP) is 1.59. The SMILES string of the molecule is CC1CCN(C(=O)NC(C)(C)CN)CC1.Cl. The highest BCUT2D eigenvalue weighted by Crippen LogP contribution is 2.16. The molecule has 2 amide bonds. The van der Waals surface area contributed by atoms with E-state index in [1.54, 1.807) is 0 Å². The molecule has 1 heterocycles. The van der Waals surface area contributed by atoms with Crippen LogP contribution in [0.4, 0.5) is 4.79 Å². The molecule has 4 nitrogen and oxygen atoms in total. The first-order chi connectivity index (χ1) is 6.94. The van der Waals surface area contributed by atoms with Gasteiger partial charge in [-0.15, -0.1) is 12.4 Å². The van der Waals surface area contributed by atoms with E-state index in [9.17, 15) is 4.79 Å². The Balaban J connectivity index is 0.00000225. The first kappa shape index (κ1) is 15.5. The highest BCUT2D eigenvalue weighted by atomic mass is 35.5. The second kappa shape index (κ2) is 6.30. The van der Waals surface area contributed by atoms with Crippen molar-refractivity contribution in [2.24, 2.45) is 11.7 Å². The molecule has 0 spiro atoms. The highest BCUT2D eigenvalue weighted by Gasteiger charge is 2.24. The maximum Gasteiger partial charge on any atom is 0.317 e. The van der Waals surface area contributed by atoms with Gasteiger partial charge >= 0.3 is 6.03 Å². The van der Waals surface area contributed by atoms with E-state index in [0.29, 0.717) is 6.54 Å². The molecule has 1 aliphatic rings. The molecule has 3 N–H and O–H groups in total. The molecule has 1 rings (SSSR count). The summed E-state index contributed by atoms with van der Waals surface area (Å²) >= 11 is 0. The largest absolute Gasteiger partial charge is 0.332 e. The summed E-state index contributed by atoms with van der Waals surface area (Å²) in [5.74, 6) is 0.747. The number of hydrogen-bond donors (Lipinski definition) is 2. The standard InChI is InChI=1S/C11H23N3O.ClH/c1-9-4-6-14(7-5-9)10(15)13-11(2,3)8-12;/h9H,4-8,12H2,1-3H3,(H,13,15);1H. The van der Waals surface area contributed by atoms with Crippen LogP contribution in [-0.2, 0) is 0 Å². The molecule has 0 aliphatic carbocycles. The number of carbonyl (C=O) groups is 1. The van der Waals surface area contributed by atoms with E-state index >= 15 is 0 Å². The van der Waals surface area contributed by atoms with Gasteiger partial charge in [-0.2, -0.15) is 0 Å². The van der Waals surface area contributed by atoms with Crippen molar-refractivity contribution in [1.29, 1.82) is 0 Å². The first-order valence-electron chi connectivity index (χ1n) is 5.72. The Morgan fingerprint density at radius 2 is 1.94 bits per heavy atom. The third-order valence-electron chi connectivity index (χ3n) is 3.03. The summed E-state index contributed by atoms with van der Waals surface area (Å²) in [6.45, 7) is 8.32. The molecule has 0 bridgehead atoms. The van der Waals surface area contributed by atoms with E-state index in [1.165, 1.54) is 0 Å². The molecule has 5 heteroatoms. The quantitative estimate of drug-likeness (QED) is 0.781. The lowest BCUT2D eigenvalue weighted by atomic mass is 9.99. The van der Waals surface area contributed by atoms with Crippen LogP contribution in [0.3, 0.4) is 0 Å². The van der Waals surface area contributed by atoms with E-state index in [1.807, 2.05) is 18.7 Å². The van der Waals surface area contributed by atoms with E-state index < -0.39 is 0 Å². The Hall–Kier alpha value is -0.480. The number of hydrogen-bond acceptors (Lipinski definition) is 2. The zero-order chi connectivity index (χ0) is 11.5. The van der Waals surface area contributed by atoms with E-state index in [2.05, 4.69) is 12.2 Å². The zero-order valence-corrected chi connectivity index (χ0v) is 11.3. The third kappa shape index (κ3) is 4.58. The van der Waals surface area contributed by atoms with Crippen molar-refractivity contribution in [3.63, 3.8) is 0 Å². The fourth-order valence-electron chi connectivity index (χ4n) is 1.63. The van der Waals surface area contributed by atoms with Gasteiger partial charge < -0.3 is 16.0 Å². The number of nitrogens with two attached hydrogens (primary N) is 1. The van der Waals surface area contributed by atoms with Crippen molar-refractivity contribution in [2.45, 2.75) is 39.2 Å². The number of halogens is 1. The van der Waals surface area contributed by atoms with Crippen LogP contribution in [0.1, 0.15) is 33.6 Å². The summed E-state index contributed by atoms with van der Waals surface area (Å²) in [6.07, 6.45) is 2.22. The van der Waals surface area contributed by atoms with E-state index in [4.69, 9.17) is 5.73 Å². The molecule has 1 fully saturated rings. The molecule has 0 atom stereocenters. The molecule has 0 aromatic rings. The monoisotopic (exact) mass is 249 g/mol. The minimum atomic E-state index is -0.305. The third-order valence-corrected chi connectivity index (χ3v) is 3.03. The second-order valence-corrected chi connectivity index (χ2v) is 5.19. The van der Waals surface area contributed by atoms with Crippen LogP contribution >= 0.6 is 12.4 Å². The molecule has 96 valence electrons. The lowest BCUT2D eigenvalue weighted by Gasteiger charge is -2.34. The van der Waals surface area contributed by atoms with Gasteiger partial charge in [0.1, 0.15) is 0 Å². The van der Waals surface area contributed by atoms with Gasteiger partial charge in [-0.1, -0.05) is 6.92 Å². The van der Waals surface area contributed by atoms with Crippen LogP contribution < -0.4 is 11.1 Å². The summed E-state index contributed by atoms with van der Waals surface area (Å²) in [7, 11) is 0. The number of nitrogens with one attached hydrogen (secondary N) is 1. The van der Waals surface area contributed by atoms with Gasteiger partial charge in [-0.25, -0.2) is 4.79 Å². The molecule has 1 saturated heterocycles. The Kier molecular flexibility index (Phi) is 6.11. The maximum atomic E-state index is 11.8. The number of rotatable bonds is 2. The van der Waals surface area contributed by atoms with Crippen molar-refractivity contribution in [3.8, 4) is 0 Å². The maximum absolute atomic E-state index is 11.8. The van der Waals surface area contributed by atoms with Gasteiger partial charge in [-0.05, 0) is 32.6 Å². The van der Waals surface area contributed by atoms with Gasteiger partial charge in [0.15, 0.2) is 0 Å². The summed E-state index contributed by atoms with van der Waals surface area (Å²) in [5.41, 5.74) is 5.27. The van der Waals surface area contributed by atoms with Gasteiger partial charge in [0.05, 0.1) is 0 Å². The molecule has 16 heavy (non-hydrogen) atoms. The molecule has 1 aliphatic heterocycles. The first-order valence-corrected chi connectivity index (χ1v) is 5.72. The number of nitrogens with zero attached hydrogens (tertiary/aromatic N) is 1. The van der Waals surface area contributed by atoms with Crippen LogP contribution in [-0.4, -0.2) is 36.1 Å². The number of piperidine rings is 1. The molecule has 0 saturated carbocycles. The van der Waals surface area contributed by atoms with Gasteiger partial charge in [0.25, 0.3) is 0 Å². The van der Waals surface area contributed by atoms with Crippen molar-refractivity contribution in [1.82, 2.24) is 10.2 Å². The highest BCUT2D eigenvalue weighted by molar-refractivity contribution is 5.85. The normalized spacial score (nSPS) is 17.9. The number of urea groups is 1. The fraction of sp³-hybridized carbons (Fsp3) is 0.909. The predicted molar refractivity (Wildman–Crippen MR) is 68.9 cm³/mol. The molecular weight excluding hydrogens is 226 g/mol. The molecular formula is C11H24ClN3O. The van der Waals surface area contributed by atoms with Crippen LogP contribution in [0.5, 0.6) is 0 Å². The lowest BCUT2D eigenvalue weighted by Crippen LogP contribution is -2.54. The summed E-state index contributed by atoms with van der Waals surface area (Å²) < 4.78 is 0.